The quantitative estimate of drug-likeness (QED) is 0.860. The molecule has 0 spiro atoms. The number of nitrogens with one attached hydrogen (secondary N) is 1. The van der Waals surface area contributed by atoms with Gasteiger partial charge in [0.1, 0.15) is 11.6 Å². The maximum atomic E-state index is 4.79. The van der Waals surface area contributed by atoms with Crippen LogP contribution >= 0.6 is 0 Å². The zero-order valence-electron chi connectivity index (χ0n) is 13.6. The number of aromatic nitrogens is 2. The van der Waals surface area contributed by atoms with Crippen LogP contribution in [0.3, 0.4) is 0 Å². The summed E-state index contributed by atoms with van der Waals surface area (Å²) in [5, 5.41) is 3.29. The number of likely N-dealkylation sites (N-methyl/N-ethyl adjacent to an activating group) is 1. The van der Waals surface area contributed by atoms with Crippen LogP contribution in [0.5, 0.6) is 0 Å². The van der Waals surface area contributed by atoms with Crippen molar-refractivity contribution < 1.29 is 0 Å². The van der Waals surface area contributed by atoms with Gasteiger partial charge in [-0.1, -0.05) is 36.4 Å². The second-order valence-corrected chi connectivity index (χ2v) is 5.76. The van der Waals surface area contributed by atoms with Gasteiger partial charge >= 0.3 is 0 Å². The largest absolute Gasteiger partial charge is 0.366 e. The van der Waals surface area contributed by atoms with E-state index < -0.39 is 0 Å². The van der Waals surface area contributed by atoms with Crippen LogP contribution in [0.4, 0.5) is 11.6 Å². The Bertz CT molecular complexity index is 648. The van der Waals surface area contributed by atoms with E-state index in [4.69, 9.17) is 4.98 Å². The van der Waals surface area contributed by atoms with E-state index in [0.29, 0.717) is 6.54 Å². The fourth-order valence-corrected chi connectivity index (χ4v) is 2.62. The lowest BCUT2D eigenvalue weighted by Gasteiger charge is -2.33. The van der Waals surface area contributed by atoms with E-state index in [1.807, 2.05) is 42.5 Å². The van der Waals surface area contributed by atoms with Crippen molar-refractivity contribution in [2.24, 2.45) is 0 Å². The van der Waals surface area contributed by atoms with Crippen molar-refractivity contribution in [3.05, 3.63) is 49.1 Å². The number of nitrogens with zero attached hydrogens (tertiary/aromatic N) is 4. The van der Waals surface area contributed by atoms with Crippen LogP contribution in [0.1, 0.15) is 0 Å². The van der Waals surface area contributed by atoms with Crippen LogP contribution < -0.4 is 10.2 Å². The van der Waals surface area contributed by atoms with Crippen LogP contribution in [0.15, 0.2) is 49.1 Å². The minimum Gasteiger partial charge on any atom is -0.366 e. The van der Waals surface area contributed by atoms with Crippen LogP contribution in [0.25, 0.3) is 11.4 Å². The van der Waals surface area contributed by atoms with Gasteiger partial charge in [0.05, 0.1) is 0 Å². The number of rotatable bonds is 5. The number of piperazine rings is 1. The van der Waals surface area contributed by atoms with Crippen molar-refractivity contribution in [3.63, 3.8) is 0 Å². The Kier molecular flexibility index (Phi) is 4.88. The smallest absolute Gasteiger partial charge is 0.163 e. The fourth-order valence-electron chi connectivity index (χ4n) is 2.62. The van der Waals surface area contributed by atoms with Crippen molar-refractivity contribution in [2.75, 3.05) is 50.0 Å². The zero-order valence-corrected chi connectivity index (χ0v) is 13.6. The molecular weight excluding hydrogens is 286 g/mol. The lowest BCUT2D eigenvalue weighted by atomic mass is 10.2. The van der Waals surface area contributed by atoms with Gasteiger partial charge in [-0.3, -0.25) is 0 Å². The molecule has 120 valence electrons. The zero-order chi connectivity index (χ0) is 16.1. The van der Waals surface area contributed by atoms with E-state index in [0.717, 1.165) is 49.2 Å². The summed E-state index contributed by atoms with van der Waals surface area (Å²) in [7, 11) is 2.16. The SMILES string of the molecule is C=CCNc1cc(N2CCN(C)CC2)nc(-c2ccccc2)n1. The number of benzene rings is 1. The summed E-state index contributed by atoms with van der Waals surface area (Å²) < 4.78 is 0. The summed E-state index contributed by atoms with van der Waals surface area (Å²) in [4.78, 5) is 14.1. The first-order valence-electron chi connectivity index (χ1n) is 7.99. The average molecular weight is 309 g/mol. The highest BCUT2D eigenvalue weighted by Crippen LogP contribution is 2.23. The van der Waals surface area contributed by atoms with E-state index in [1.165, 1.54) is 0 Å². The van der Waals surface area contributed by atoms with E-state index in [1.54, 1.807) is 0 Å². The highest BCUT2D eigenvalue weighted by molar-refractivity contribution is 5.62. The van der Waals surface area contributed by atoms with Crippen LogP contribution in [-0.2, 0) is 0 Å². The predicted molar refractivity (Wildman–Crippen MR) is 95.9 cm³/mol. The van der Waals surface area contributed by atoms with Gasteiger partial charge in [-0.15, -0.1) is 6.58 Å². The van der Waals surface area contributed by atoms with Gasteiger partial charge in [0, 0.05) is 44.4 Å². The maximum Gasteiger partial charge on any atom is 0.163 e. The van der Waals surface area contributed by atoms with Gasteiger partial charge in [-0.25, -0.2) is 9.97 Å². The summed E-state index contributed by atoms with van der Waals surface area (Å²) in [6.45, 7) is 8.53. The second kappa shape index (κ2) is 7.24. The van der Waals surface area contributed by atoms with E-state index >= 15 is 0 Å². The average Bonchev–Trinajstić information content (AvgIpc) is 2.61. The van der Waals surface area contributed by atoms with E-state index in [2.05, 4.69) is 33.7 Å². The molecule has 0 radical (unpaired) electrons. The molecular formula is C18H23N5. The molecule has 1 aliphatic heterocycles. The molecule has 1 saturated heterocycles. The van der Waals surface area contributed by atoms with Crippen LogP contribution in [0.2, 0.25) is 0 Å². The Hall–Kier alpha value is -2.40. The van der Waals surface area contributed by atoms with Gasteiger partial charge < -0.3 is 15.1 Å². The second-order valence-electron chi connectivity index (χ2n) is 5.76. The molecule has 0 unspecified atom stereocenters. The third kappa shape index (κ3) is 3.87. The van der Waals surface area contributed by atoms with Gasteiger partial charge in [0.25, 0.3) is 0 Å². The normalized spacial score (nSPS) is 15.4. The van der Waals surface area contributed by atoms with Crippen molar-refractivity contribution in [1.29, 1.82) is 0 Å². The molecule has 2 heterocycles. The molecule has 0 amide bonds. The fraction of sp³-hybridized carbons (Fsp3) is 0.333. The van der Waals surface area contributed by atoms with Crippen LogP contribution in [-0.4, -0.2) is 54.6 Å². The first-order chi connectivity index (χ1) is 11.3. The summed E-state index contributed by atoms with van der Waals surface area (Å²) in [5.74, 6) is 2.58. The van der Waals surface area contributed by atoms with Gasteiger partial charge in [0.15, 0.2) is 5.82 Å². The Labute approximate surface area is 137 Å². The van der Waals surface area contributed by atoms with Crippen LogP contribution in [0, 0.1) is 0 Å². The molecule has 1 aromatic carbocycles. The summed E-state index contributed by atoms with van der Waals surface area (Å²) in [6, 6.07) is 12.1. The van der Waals surface area contributed by atoms with Crippen molar-refractivity contribution in [3.8, 4) is 11.4 Å². The minimum atomic E-state index is 0.688. The first-order valence-corrected chi connectivity index (χ1v) is 7.99. The Morgan fingerprint density at radius 2 is 1.87 bits per heavy atom. The third-order valence-corrected chi connectivity index (χ3v) is 4.00. The molecule has 5 heteroatoms. The molecule has 2 aromatic rings. The number of anilines is 2. The maximum absolute atomic E-state index is 4.79. The van der Waals surface area contributed by atoms with Crippen molar-refractivity contribution in [1.82, 2.24) is 14.9 Å². The van der Waals surface area contributed by atoms with Crippen molar-refractivity contribution >= 4 is 11.6 Å². The highest BCUT2D eigenvalue weighted by Gasteiger charge is 2.17. The predicted octanol–water partition coefficient (Wildman–Crippen LogP) is 2.49. The minimum absolute atomic E-state index is 0.688. The van der Waals surface area contributed by atoms with E-state index in [9.17, 15) is 0 Å². The number of hydrogen-bond donors (Lipinski definition) is 1. The molecule has 1 aromatic heterocycles. The molecule has 5 nitrogen and oxygen atoms in total. The van der Waals surface area contributed by atoms with Gasteiger partial charge in [-0.05, 0) is 7.05 Å². The first kappa shape index (κ1) is 15.5. The molecule has 1 N–H and O–H groups in total. The molecule has 0 saturated carbocycles. The Morgan fingerprint density at radius 3 is 2.57 bits per heavy atom. The lowest BCUT2D eigenvalue weighted by molar-refractivity contribution is 0.312. The molecule has 0 aliphatic carbocycles. The summed E-state index contributed by atoms with van der Waals surface area (Å²) >= 11 is 0. The molecule has 23 heavy (non-hydrogen) atoms. The monoisotopic (exact) mass is 309 g/mol. The Balaban J connectivity index is 1.93. The summed E-state index contributed by atoms with van der Waals surface area (Å²) in [5.41, 5.74) is 1.03. The molecule has 1 aliphatic rings. The summed E-state index contributed by atoms with van der Waals surface area (Å²) in [6.07, 6.45) is 1.83. The molecule has 0 bridgehead atoms. The van der Waals surface area contributed by atoms with Gasteiger partial charge in [0.2, 0.25) is 0 Å². The number of hydrogen-bond acceptors (Lipinski definition) is 5. The molecule has 3 rings (SSSR count). The van der Waals surface area contributed by atoms with Crippen molar-refractivity contribution in [2.45, 2.75) is 0 Å². The van der Waals surface area contributed by atoms with Gasteiger partial charge in [-0.2, -0.15) is 0 Å². The van der Waals surface area contributed by atoms with E-state index in [-0.39, 0.29) is 0 Å². The topological polar surface area (TPSA) is 44.3 Å². The standard InChI is InChI=1S/C18H23N5/c1-3-9-19-16-14-17(23-12-10-22(2)11-13-23)21-18(20-16)15-7-5-4-6-8-15/h3-8,14H,1,9-13H2,2H3,(H,19,20,21). The highest BCUT2D eigenvalue weighted by atomic mass is 15.3. The third-order valence-electron chi connectivity index (χ3n) is 4.00. The lowest BCUT2D eigenvalue weighted by Crippen LogP contribution is -2.44. The molecule has 1 fully saturated rings. The molecule has 0 atom stereocenters. The Morgan fingerprint density at radius 1 is 1.13 bits per heavy atom.